The molecule has 2 fully saturated rings. The Hall–Kier alpha value is -2.57. The smallest absolute Gasteiger partial charge is 0.224 e. The van der Waals surface area contributed by atoms with Crippen molar-refractivity contribution >= 4 is 23.0 Å². The fourth-order valence-electron chi connectivity index (χ4n) is 5.25. The van der Waals surface area contributed by atoms with Crippen molar-refractivity contribution in [3.05, 3.63) is 54.1 Å². The summed E-state index contributed by atoms with van der Waals surface area (Å²) in [5.74, 6) is 0.0655. The Labute approximate surface area is 239 Å². The van der Waals surface area contributed by atoms with Crippen molar-refractivity contribution < 1.29 is 4.79 Å². The maximum atomic E-state index is 11.7. The van der Waals surface area contributed by atoms with Crippen LogP contribution >= 0.6 is 0 Å². The van der Waals surface area contributed by atoms with Crippen LogP contribution in [0.5, 0.6) is 0 Å². The van der Waals surface area contributed by atoms with Crippen molar-refractivity contribution in [3.8, 4) is 0 Å². The van der Waals surface area contributed by atoms with E-state index in [2.05, 4.69) is 104 Å². The van der Waals surface area contributed by atoms with E-state index >= 15 is 0 Å². The van der Waals surface area contributed by atoms with Gasteiger partial charge in [0.15, 0.2) is 0 Å². The van der Waals surface area contributed by atoms with Crippen LogP contribution in [-0.4, -0.2) is 79.1 Å². The molecular formula is C33H55N5O. The van der Waals surface area contributed by atoms with Gasteiger partial charge < -0.3 is 15.1 Å². The summed E-state index contributed by atoms with van der Waals surface area (Å²) in [5, 5.41) is 3.00. The number of para-hydroxylation sites is 3. The van der Waals surface area contributed by atoms with Gasteiger partial charge in [0, 0.05) is 75.5 Å². The van der Waals surface area contributed by atoms with Crippen LogP contribution in [0.25, 0.3) is 0 Å². The summed E-state index contributed by atoms with van der Waals surface area (Å²) in [7, 11) is 0. The minimum Gasteiger partial charge on any atom is -0.369 e. The zero-order chi connectivity index (χ0) is 27.9. The highest BCUT2D eigenvalue weighted by atomic mass is 16.1. The van der Waals surface area contributed by atoms with Crippen LogP contribution < -0.4 is 15.1 Å². The first-order valence-electron chi connectivity index (χ1n) is 14.3. The summed E-state index contributed by atoms with van der Waals surface area (Å²) in [6.07, 6.45) is 0.506. The zero-order valence-electron chi connectivity index (χ0n) is 25.2. The number of nitrogens with one attached hydrogen (secondary N) is 1. The molecule has 0 atom stereocenters. The summed E-state index contributed by atoms with van der Waals surface area (Å²) >= 11 is 0. The molecule has 0 unspecified atom stereocenters. The van der Waals surface area contributed by atoms with Crippen molar-refractivity contribution in [1.29, 1.82) is 0 Å². The lowest BCUT2D eigenvalue weighted by atomic mass is 10.0. The van der Waals surface area contributed by atoms with E-state index in [1.807, 2.05) is 25.1 Å². The van der Waals surface area contributed by atoms with Crippen molar-refractivity contribution in [3.63, 3.8) is 0 Å². The quantitative estimate of drug-likeness (QED) is 0.482. The molecule has 2 aliphatic rings. The number of rotatable bonds is 4. The largest absolute Gasteiger partial charge is 0.369 e. The van der Waals surface area contributed by atoms with E-state index in [0.717, 1.165) is 63.7 Å². The van der Waals surface area contributed by atoms with Crippen LogP contribution in [0.3, 0.4) is 0 Å². The van der Waals surface area contributed by atoms with Gasteiger partial charge in [-0.3, -0.25) is 14.6 Å². The van der Waals surface area contributed by atoms with Crippen molar-refractivity contribution in [2.75, 3.05) is 67.5 Å². The number of anilines is 3. The number of aryl methyl sites for hydroxylation is 1. The van der Waals surface area contributed by atoms with E-state index < -0.39 is 0 Å². The fourth-order valence-corrected chi connectivity index (χ4v) is 5.25. The summed E-state index contributed by atoms with van der Waals surface area (Å²) in [6, 6.07) is 16.8. The third kappa shape index (κ3) is 9.25. The first kappa shape index (κ1) is 32.6. The molecule has 39 heavy (non-hydrogen) atoms. The number of benzene rings is 2. The highest BCUT2D eigenvalue weighted by molar-refractivity contribution is 5.94. The maximum absolute atomic E-state index is 11.7. The second kappa shape index (κ2) is 14.2. The first-order valence-corrected chi connectivity index (χ1v) is 14.3. The van der Waals surface area contributed by atoms with E-state index in [1.165, 1.54) is 11.3 Å². The van der Waals surface area contributed by atoms with E-state index in [9.17, 15) is 4.79 Å². The minimum absolute atomic E-state index is 0. The Morgan fingerprint density at radius 1 is 0.692 bits per heavy atom. The predicted molar refractivity (Wildman–Crippen MR) is 170 cm³/mol. The number of nitrogens with zero attached hydrogens (tertiary/aromatic N) is 4. The molecule has 2 heterocycles. The fraction of sp³-hybridized carbons (Fsp3) is 0.606. The second-order valence-electron chi connectivity index (χ2n) is 12.5. The van der Waals surface area contributed by atoms with Gasteiger partial charge >= 0.3 is 0 Å². The molecule has 2 saturated heterocycles. The highest BCUT2D eigenvalue weighted by Gasteiger charge is 2.27. The Morgan fingerprint density at radius 2 is 1.10 bits per heavy atom. The van der Waals surface area contributed by atoms with Crippen LogP contribution in [-0.2, 0) is 4.79 Å². The number of amides is 1. The molecule has 1 amide bonds. The van der Waals surface area contributed by atoms with E-state index in [-0.39, 0.29) is 18.9 Å². The topological polar surface area (TPSA) is 42.1 Å². The second-order valence-corrected chi connectivity index (χ2v) is 12.5. The molecule has 2 aliphatic heterocycles. The normalized spacial score (nSPS) is 17.1. The van der Waals surface area contributed by atoms with Gasteiger partial charge in [0.2, 0.25) is 5.91 Å². The van der Waals surface area contributed by atoms with Crippen LogP contribution in [0.4, 0.5) is 17.1 Å². The summed E-state index contributed by atoms with van der Waals surface area (Å²) in [6.45, 7) is 26.5. The van der Waals surface area contributed by atoms with E-state index in [1.54, 1.807) is 0 Å². The maximum Gasteiger partial charge on any atom is 0.224 e. The summed E-state index contributed by atoms with van der Waals surface area (Å²) in [5.41, 5.74) is 5.37. The number of carbonyl (C=O) groups excluding carboxylic acids is 1. The van der Waals surface area contributed by atoms with Crippen LogP contribution in [0.1, 0.15) is 67.9 Å². The van der Waals surface area contributed by atoms with Crippen LogP contribution in [0, 0.1) is 6.92 Å². The minimum atomic E-state index is 0. The Kier molecular flexibility index (Phi) is 11.9. The SMILES string of the molecule is C.CCC(=O)Nc1ccccc1N1CCN(C(C)(C)C)CC1.Cc1ccccc1N1CCN(C(C)(C)C)CC1. The van der Waals surface area contributed by atoms with Gasteiger partial charge in [0.1, 0.15) is 0 Å². The third-order valence-electron chi connectivity index (χ3n) is 7.75. The van der Waals surface area contributed by atoms with Gasteiger partial charge in [-0.25, -0.2) is 0 Å². The molecule has 2 aromatic carbocycles. The van der Waals surface area contributed by atoms with Gasteiger partial charge in [-0.05, 0) is 72.2 Å². The van der Waals surface area contributed by atoms with Crippen molar-refractivity contribution in [2.45, 2.75) is 80.3 Å². The van der Waals surface area contributed by atoms with Crippen LogP contribution in [0.15, 0.2) is 48.5 Å². The zero-order valence-corrected chi connectivity index (χ0v) is 25.2. The lowest BCUT2D eigenvalue weighted by Gasteiger charge is -2.43. The first-order chi connectivity index (χ1) is 17.9. The van der Waals surface area contributed by atoms with Gasteiger partial charge in [-0.15, -0.1) is 0 Å². The van der Waals surface area contributed by atoms with E-state index in [4.69, 9.17) is 0 Å². The van der Waals surface area contributed by atoms with Crippen molar-refractivity contribution in [1.82, 2.24) is 9.80 Å². The molecule has 0 bridgehead atoms. The lowest BCUT2D eigenvalue weighted by Crippen LogP contribution is -2.53. The molecule has 0 aliphatic carbocycles. The molecular weight excluding hydrogens is 482 g/mol. The molecule has 6 heteroatoms. The monoisotopic (exact) mass is 537 g/mol. The lowest BCUT2D eigenvalue weighted by molar-refractivity contribution is -0.115. The van der Waals surface area contributed by atoms with Gasteiger partial charge in [-0.2, -0.15) is 0 Å². The predicted octanol–water partition coefficient (Wildman–Crippen LogP) is 6.51. The molecule has 4 rings (SSSR count). The average Bonchev–Trinajstić information content (AvgIpc) is 2.89. The molecule has 0 saturated carbocycles. The Bertz CT molecular complexity index is 1020. The number of hydrogen-bond acceptors (Lipinski definition) is 5. The molecule has 2 aromatic rings. The standard InChI is InChI=1S/C17H27N3O.C15H24N2.CH4/c1-5-16(21)18-14-8-6-7-9-15(14)19-10-12-20(13-11-19)17(2,3)4;1-13-7-5-6-8-14(13)16-9-11-17(12-10-16)15(2,3)4;/h6-9H,5,10-13H2,1-4H3,(H,18,21);5-8H,9-12H2,1-4H3;1H4. The van der Waals surface area contributed by atoms with Crippen LogP contribution in [0.2, 0.25) is 0 Å². The van der Waals surface area contributed by atoms with Gasteiger partial charge in [0.05, 0.1) is 11.4 Å². The Morgan fingerprint density at radius 3 is 1.54 bits per heavy atom. The van der Waals surface area contributed by atoms with Gasteiger partial charge in [-0.1, -0.05) is 44.7 Å². The van der Waals surface area contributed by atoms with E-state index in [0.29, 0.717) is 12.0 Å². The van der Waals surface area contributed by atoms with Gasteiger partial charge in [0.25, 0.3) is 0 Å². The highest BCUT2D eigenvalue weighted by Crippen LogP contribution is 2.28. The molecule has 218 valence electrons. The number of piperazine rings is 2. The molecule has 0 radical (unpaired) electrons. The molecule has 6 nitrogen and oxygen atoms in total. The number of carbonyl (C=O) groups is 1. The molecule has 0 aromatic heterocycles. The summed E-state index contributed by atoms with van der Waals surface area (Å²) < 4.78 is 0. The number of hydrogen-bond donors (Lipinski definition) is 1. The average molecular weight is 538 g/mol. The van der Waals surface area contributed by atoms with Crippen molar-refractivity contribution in [2.24, 2.45) is 0 Å². The summed E-state index contributed by atoms with van der Waals surface area (Å²) in [4.78, 5) is 21.6. The third-order valence-corrected chi connectivity index (χ3v) is 7.75. The molecule has 0 spiro atoms. The molecule has 1 N–H and O–H groups in total. The Balaban J connectivity index is 0.000000272.